The maximum absolute atomic E-state index is 12.6. The summed E-state index contributed by atoms with van der Waals surface area (Å²) in [4.78, 5) is 27.0. The zero-order valence-electron chi connectivity index (χ0n) is 14.9. The topological polar surface area (TPSA) is 49.4 Å². The molecule has 136 valence electrons. The molecule has 0 aromatic heterocycles. The average molecular weight is 371 g/mol. The lowest BCUT2D eigenvalue weighted by molar-refractivity contribution is 0.0761. The summed E-state index contributed by atoms with van der Waals surface area (Å²) in [5.41, 5.74) is 2.77. The molecule has 0 unspecified atom stereocenters. The number of anilines is 1. The number of halogens is 1. The van der Waals surface area contributed by atoms with Gasteiger partial charge in [0.2, 0.25) is 0 Å². The van der Waals surface area contributed by atoms with E-state index in [2.05, 4.69) is 5.32 Å². The lowest BCUT2D eigenvalue weighted by Gasteiger charge is -2.20. The first-order valence-electron chi connectivity index (χ1n) is 9.01. The first-order chi connectivity index (χ1) is 12.5. The maximum Gasteiger partial charge on any atom is 0.255 e. The number of benzene rings is 2. The third kappa shape index (κ3) is 4.44. The molecule has 1 aliphatic heterocycles. The van der Waals surface area contributed by atoms with E-state index in [1.54, 1.807) is 36.4 Å². The van der Waals surface area contributed by atoms with Crippen LogP contribution < -0.4 is 5.32 Å². The van der Waals surface area contributed by atoms with Crippen LogP contribution in [0.5, 0.6) is 0 Å². The molecular weight excluding hydrogens is 348 g/mol. The first-order valence-corrected chi connectivity index (χ1v) is 9.39. The highest BCUT2D eigenvalue weighted by molar-refractivity contribution is 6.31. The second kappa shape index (κ2) is 8.37. The van der Waals surface area contributed by atoms with Crippen LogP contribution in [0, 0.1) is 6.92 Å². The number of likely N-dealkylation sites (tertiary alicyclic amines) is 1. The summed E-state index contributed by atoms with van der Waals surface area (Å²) in [6, 6.07) is 12.2. The van der Waals surface area contributed by atoms with Crippen molar-refractivity contribution < 1.29 is 9.59 Å². The van der Waals surface area contributed by atoms with Crippen LogP contribution in [0.15, 0.2) is 42.5 Å². The number of hydrogen-bond acceptors (Lipinski definition) is 2. The van der Waals surface area contributed by atoms with E-state index in [0.29, 0.717) is 21.8 Å². The Labute approximate surface area is 159 Å². The number of nitrogens with zero attached hydrogens (tertiary/aromatic N) is 1. The molecule has 0 bridgehead atoms. The molecule has 1 fully saturated rings. The minimum Gasteiger partial charge on any atom is -0.339 e. The minimum absolute atomic E-state index is 0.0459. The third-order valence-electron chi connectivity index (χ3n) is 4.74. The normalized spacial score (nSPS) is 14.6. The van der Waals surface area contributed by atoms with Gasteiger partial charge < -0.3 is 10.2 Å². The number of hydrogen-bond donors (Lipinski definition) is 1. The van der Waals surface area contributed by atoms with Crippen molar-refractivity contribution in [2.45, 2.75) is 32.6 Å². The van der Waals surface area contributed by atoms with Gasteiger partial charge in [-0.2, -0.15) is 0 Å². The van der Waals surface area contributed by atoms with E-state index >= 15 is 0 Å². The predicted octanol–water partition coefficient (Wildman–Crippen LogP) is 4.92. The van der Waals surface area contributed by atoms with Crippen LogP contribution in [0.25, 0.3) is 0 Å². The van der Waals surface area contributed by atoms with Crippen molar-refractivity contribution in [2.75, 3.05) is 18.4 Å². The van der Waals surface area contributed by atoms with Crippen LogP contribution in [-0.2, 0) is 0 Å². The van der Waals surface area contributed by atoms with Crippen molar-refractivity contribution in [1.82, 2.24) is 4.90 Å². The van der Waals surface area contributed by atoms with Crippen LogP contribution in [0.2, 0.25) is 5.02 Å². The van der Waals surface area contributed by atoms with Gasteiger partial charge in [-0.3, -0.25) is 9.59 Å². The molecule has 1 N–H and O–H groups in total. The number of carbonyl (C=O) groups is 2. The molecule has 2 aromatic rings. The van der Waals surface area contributed by atoms with Gasteiger partial charge in [0.1, 0.15) is 0 Å². The quantitative estimate of drug-likeness (QED) is 0.833. The summed E-state index contributed by atoms with van der Waals surface area (Å²) >= 11 is 5.99. The Bertz CT molecular complexity index is 794. The van der Waals surface area contributed by atoms with Crippen molar-refractivity contribution in [3.63, 3.8) is 0 Å². The summed E-state index contributed by atoms with van der Waals surface area (Å²) in [5, 5.41) is 3.44. The fraction of sp³-hybridized carbons (Fsp3) is 0.333. The summed E-state index contributed by atoms with van der Waals surface area (Å²) in [5.74, 6) is -0.173. The highest BCUT2D eigenvalue weighted by atomic mass is 35.5. The van der Waals surface area contributed by atoms with Crippen molar-refractivity contribution >= 4 is 29.1 Å². The van der Waals surface area contributed by atoms with E-state index in [1.165, 1.54) is 12.8 Å². The monoisotopic (exact) mass is 370 g/mol. The van der Waals surface area contributed by atoms with Gasteiger partial charge in [0, 0.05) is 34.9 Å². The summed E-state index contributed by atoms with van der Waals surface area (Å²) < 4.78 is 0. The van der Waals surface area contributed by atoms with Gasteiger partial charge in [-0.15, -0.1) is 0 Å². The van der Waals surface area contributed by atoms with Crippen LogP contribution in [0.3, 0.4) is 0 Å². The number of aryl methyl sites for hydroxylation is 1. The zero-order chi connectivity index (χ0) is 18.5. The third-order valence-corrected chi connectivity index (χ3v) is 4.97. The Hall–Kier alpha value is -2.33. The first kappa shape index (κ1) is 18.5. The molecular formula is C21H23ClN2O2. The largest absolute Gasteiger partial charge is 0.339 e. The zero-order valence-corrected chi connectivity index (χ0v) is 15.7. The summed E-state index contributed by atoms with van der Waals surface area (Å²) in [7, 11) is 0. The van der Waals surface area contributed by atoms with Gasteiger partial charge in [-0.05, 0) is 61.7 Å². The number of carbonyl (C=O) groups excluding carboxylic acids is 2. The molecule has 0 spiro atoms. The Morgan fingerprint density at radius 1 is 0.923 bits per heavy atom. The molecule has 0 radical (unpaired) electrons. The molecule has 0 saturated carbocycles. The molecule has 0 atom stereocenters. The van der Waals surface area contributed by atoms with Gasteiger partial charge in [-0.25, -0.2) is 0 Å². The molecule has 1 saturated heterocycles. The molecule has 2 aromatic carbocycles. The van der Waals surface area contributed by atoms with Crippen LogP contribution in [0.4, 0.5) is 5.69 Å². The molecule has 3 rings (SSSR count). The molecule has 0 aliphatic carbocycles. The van der Waals surface area contributed by atoms with Crippen molar-refractivity contribution in [1.29, 1.82) is 0 Å². The molecule has 4 nitrogen and oxygen atoms in total. The van der Waals surface area contributed by atoms with Crippen molar-refractivity contribution in [2.24, 2.45) is 0 Å². The number of amides is 2. The molecule has 2 amide bonds. The molecule has 5 heteroatoms. The van der Waals surface area contributed by atoms with Crippen molar-refractivity contribution in [3.8, 4) is 0 Å². The summed E-state index contributed by atoms with van der Waals surface area (Å²) in [6.45, 7) is 3.54. The fourth-order valence-corrected chi connectivity index (χ4v) is 3.32. The predicted molar refractivity (Wildman–Crippen MR) is 105 cm³/mol. The number of rotatable bonds is 3. The van der Waals surface area contributed by atoms with Gasteiger partial charge in [-0.1, -0.05) is 30.5 Å². The van der Waals surface area contributed by atoms with Crippen LogP contribution in [-0.4, -0.2) is 29.8 Å². The van der Waals surface area contributed by atoms with E-state index in [9.17, 15) is 9.59 Å². The Morgan fingerprint density at radius 2 is 1.54 bits per heavy atom. The lowest BCUT2D eigenvalue weighted by atomic mass is 10.1. The van der Waals surface area contributed by atoms with Crippen LogP contribution in [0.1, 0.15) is 52.0 Å². The van der Waals surface area contributed by atoms with Gasteiger partial charge >= 0.3 is 0 Å². The molecule has 1 heterocycles. The molecule has 26 heavy (non-hydrogen) atoms. The van der Waals surface area contributed by atoms with E-state index < -0.39 is 0 Å². The van der Waals surface area contributed by atoms with E-state index in [0.717, 1.165) is 31.5 Å². The average Bonchev–Trinajstić information content (AvgIpc) is 2.93. The Kier molecular flexibility index (Phi) is 5.94. The number of nitrogens with one attached hydrogen (secondary N) is 1. The summed E-state index contributed by atoms with van der Waals surface area (Å²) in [6.07, 6.45) is 4.49. The highest BCUT2D eigenvalue weighted by Crippen LogP contribution is 2.21. The lowest BCUT2D eigenvalue weighted by Crippen LogP contribution is -2.31. The maximum atomic E-state index is 12.6. The van der Waals surface area contributed by atoms with Gasteiger partial charge in [0.15, 0.2) is 0 Å². The van der Waals surface area contributed by atoms with E-state index in [-0.39, 0.29) is 11.8 Å². The van der Waals surface area contributed by atoms with Crippen LogP contribution >= 0.6 is 11.6 Å². The molecule has 1 aliphatic rings. The Morgan fingerprint density at radius 3 is 2.19 bits per heavy atom. The second-order valence-electron chi connectivity index (χ2n) is 6.70. The fourth-order valence-electron chi connectivity index (χ4n) is 3.14. The second-order valence-corrected chi connectivity index (χ2v) is 7.13. The van der Waals surface area contributed by atoms with Gasteiger partial charge in [0.05, 0.1) is 0 Å². The minimum atomic E-state index is -0.218. The Balaban J connectivity index is 1.69. The van der Waals surface area contributed by atoms with E-state index in [4.69, 9.17) is 11.6 Å². The standard InChI is InChI=1S/C21H23ClN2O2/c1-15-6-11-18(22)14-19(15)23-20(25)16-7-9-17(10-8-16)21(26)24-12-4-2-3-5-13-24/h6-11,14H,2-5,12-13H2,1H3,(H,23,25). The van der Waals surface area contributed by atoms with Gasteiger partial charge in [0.25, 0.3) is 11.8 Å². The smallest absolute Gasteiger partial charge is 0.255 e. The van der Waals surface area contributed by atoms with E-state index in [1.807, 2.05) is 17.9 Å². The SMILES string of the molecule is Cc1ccc(Cl)cc1NC(=O)c1ccc(C(=O)N2CCCCCC2)cc1. The highest BCUT2D eigenvalue weighted by Gasteiger charge is 2.17. The van der Waals surface area contributed by atoms with Crippen molar-refractivity contribution in [3.05, 3.63) is 64.2 Å².